The Balaban J connectivity index is 1.50. The molecule has 1 heterocycles. The van der Waals surface area contributed by atoms with Gasteiger partial charge in [0, 0.05) is 17.9 Å². The number of ether oxygens (including phenoxy) is 2. The molecule has 0 radical (unpaired) electrons. The fourth-order valence-electron chi connectivity index (χ4n) is 5.34. The number of rotatable bonds is 3. The molecule has 178 valence electrons. The van der Waals surface area contributed by atoms with Gasteiger partial charge in [0.1, 0.15) is 12.2 Å². The first-order valence-electron chi connectivity index (χ1n) is 11.1. The summed E-state index contributed by atoms with van der Waals surface area (Å²) in [6.07, 6.45) is -1.26. The van der Waals surface area contributed by atoms with E-state index in [9.17, 15) is 27.9 Å². The molecule has 1 saturated carbocycles. The van der Waals surface area contributed by atoms with Crippen LogP contribution in [-0.2, 0) is 25.2 Å². The Bertz CT molecular complexity index is 1010. The fourth-order valence-corrected chi connectivity index (χ4v) is 5.34. The van der Waals surface area contributed by atoms with Crippen LogP contribution in [0.3, 0.4) is 0 Å². The predicted molar refractivity (Wildman–Crippen MR) is 114 cm³/mol. The molecule has 4 rings (SSSR count). The minimum Gasteiger partial charge on any atom is -0.457 e. The maximum absolute atomic E-state index is 12.7. The minimum atomic E-state index is -4.42. The number of benzene rings is 1. The van der Waals surface area contributed by atoms with Crippen LogP contribution >= 0.6 is 0 Å². The van der Waals surface area contributed by atoms with Crippen molar-refractivity contribution >= 4 is 18.0 Å². The molecule has 0 amide bonds. The van der Waals surface area contributed by atoms with Crippen LogP contribution in [0, 0.1) is 17.8 Å². The second kappa shape index (κ2) is 8.31. The number of esters is 2. The zero-order valence-electron chi connectivity index (χ0n) is 18.7. The van der Waals surface area contributed by atoms with Crippen LogP contribution in [-0.4, -0.2) is 34.9 Å². The van der Waals surface area contributed by atoms with Gasteiger partial charge in [0.2, 0.25) is 0 Å². The average molecular weight is 464 g/mol. The summed E-state index contributed by atoms with van der Waals surface area (Å²) < 4.78 is 49.4. The lowest BCUT2D eigenvalue weighted by Crippen LogP contribution is -2.35. The van der Waals surface area contributed by atoms with E-state index in [1.807, 2.05) is 13.8 Å². The third kappa shape index (κ3) is 4.45. The number of halogens is 3. The normalized spacial score (nSPS) is 34.2. The van der Waals surface area contributed by atoms with Crippen LogP contribution in [0.1, 0.15) is 51.2 Å². The average Bonchev–Trinajstić information content (AvgIpc) is 3.17. The van der Waals surface area contributed by atoms with Crippen LogP contribution < -0.4 is 0 Å². The van der Waals surface area contributed by atoms with Gasteiger partial charge >= 0.3 is 18.1 Å². The number of carbonyl (C=O) groups is 2. The smallest absolute Gasteiger partial charge is 0.416 e. The van der Waals surface area contributed by atoms with Gasteiger partial charge in [-0.05, 0) is 68.0 Å². The van der Waals surface area contributed by atoms with E-state index in [0.717, 1.165) is 23.3 Å². The van der Waals surface area contributed by atoms with Gasteiger partial charge in [0.25, 0.3) is 0 Å². The molecule has 1 aromatic rings. The third-order valence-corrected chi connectivity index (χ3v) is 7.36. The Kier molecular flexibility index (Phi) is 5.93. The number of hydrogen-bond acceptors (Lipinski definition) is 5. The minimum absolute atomic E-state index is 0.0204. The molecule has 0 spiro atoms. The predicted octanol–water partition coefficient (Wildman–Crippen LogP) is 4.69. The van der Waals surface area contributed by atoms with Crippen molar-refractivity contribution in [2.24, 2.45) is 17.8 Å². The topological polar surface area (TPSA) is 72.8 Å². The molecule has 8 heteroatoms. The molecule has 1 aliphatic heterocycles. The highest BCUT2D eigenvalue weighted by Crippen LogP contribution is 2.52. The summed E-state index contributed by atoms with van der Waals surface area (Å²) in [6, 6.07) is 4.46. The second-order valence-corrected chi connectivity index (χ2v) is 9.51. The van der Waals surface area contributed by atoms with Crippen molar-refractivity contribution in [3.63, 3.8) is 0 Å². The molecule has 5 nitrogen and oxygen atoms in total. The fraction of sp³-hybridized carbons (Fsp3) is 0.520. The molecule has 6 atom stereocenters. The Morgan fingerprint density at radius 1 is 1.27 bits per heavy atom. The van der Waals surface area contributed by atoms with Gasteiger partial charge in [0.05, 0.1) is 17.1 Å². The van der Waals surface area contributed by atoms with Gasteiger partial charge in [-0.2, -0.15) is 13.2 Å². The van der Waals surface area contributed by atoms with Crippen LogP contribution in [0.25, 0.3) is 6.08 Å². The first kappa shape index (κ1) is 23.5. The van der Waals surface area contributed by atoms with Gasteiger partial charge in [0.15, 0.2) is 0 Å². The maximum Gasteiger partial charge on any atom is 0.416 e. The van der Waals surface area contributed by atoms with E-state index in [2.05, 4.69) is 0 Å². The standard InChI is InChI=1S/C25H27F3O5/c1-13-17-10-11-24(3,31)18-12-19(14(2)21(18)22(17)33-23(13)30)32-20(29)9-6-15-4-7-16(8-5-15)25(26,27)28/h4-9,13,17-19,22,31H,10-12H2,1-3H3/b9-6+/t13-,17-,18?,19-,22-,24+/m0/s1. The van der Waals surface area contributed by atoms with Crippen LogP contribution in [0.15, 0.2) is 41.5 Å². The van der Waals surface area contributed by atoms with E-state index in [0.29, 0.717) is 24.8 Å². The summed E-state index contributed by atoms with van der Waals surface area (Å²) in [5.41, 5.74) is 0.301. The number of fused-ring (bicyclic) bond motifs is 3. The lowest BCUT2D eigenvalue weighted by Gasteiger charge is -2.31. The lowest BCUT2D eigenvalue weighted by molar-refractivity contribution is -0.143. The Morgan fingerprint density at radius 3 is 2.58 bits per heavy atom. The Hall–Kier alpha value is -2.61. The molecule has 0 aromatic heterocycles. The van der Waals surface area contributed by atoms with E-state index < -0.39 is 35.5 Å². The molecule has 3 aliphatic rings. The van der Waals surface area contributed by atoms with Crippen LogP contribution in [0.5, 0.6) is 0 Å². The number of aliphatic hydroxyl groups is 1. The van der Waals surface area contributed by atoms with Gasteiger partial charge in [-0.15, -0.1) is 0 Å². The van der Waals surface area contributed by atoms with Gasteiger partial charge in [-0.25, -0.2) is 4.79 Å². The summed E-state index contributed by atoms with van der Waals surface area (Å²) in [6.45, 7) is 5.45. The highest BCUT2D eigenvalue weighted by molar-refractivity contribution is 5.87. The van der Waals surface area contributed by atoms with Crippen LogP contribution in [0.2, 0.25) is 0 Å². The summed E-state index contributed by atoms with van der Waals surface area (Å²) >= 11 is 0. The second-order valence-electron chi connectivity index (χ2n) is 9.51. The van der Waals surface area contributed by atoms with E-state index in [4.69, 9.17) is 9.47 Å². The lowest BCUT2D eigenvalue weighted by atomic mass is 9.81. The molecule has 2 fully saturated rings. The molecule has 0 bridgehead atoms. The van der Waals surface area contributed by atoms with Crippen molar-refractivity contribution in [2.75, 3.05) is 0 Å². The Labute approximate surface area is 190 Å². The van der Waals surface area contributed by atoms with E-state index >= 15 is 0 Å². The third-order valence-electron chi connectivity index (χ3n) is 7.36. The molecule has 1 N–H and O–H groups in total. The van der Waals surface area contributed by atoms with Crippen molar-refractivity contribution in [3.05, 3.63) is 52.6 Å². The molecule has 33 heavy (non-hydrogen) atoms. The van der Waals surface area contributed by atoms with Crippen molar-refractivity contribution in [1.29, 1.82) is 0 Å². The molecular formula is C25H27F3O5. The van der Waals surface area contributed by atoms with Gasteiger partial charge < -0.3 is 14.6 Å². The van der Waals surface area contributed by atoms with Gasteiger partial charge in [-0.1, -0.05) is 19.1 Å². The van der Waals surface area contributed by atoms with Crippen molar-refractivity contribution in [3.8, 4) is 0 Å². The van der Waals surface area contributed by atoms with Crippen LogP contribution in [0.4, 0.5) is 13.2 Å². The van der Waals surface area contributed by atoms with E-state index in [1.165, 1.54) is 24.3 Å². The zero-order chi connectivity index (χ0) is 24.1. The molecule has 1 saturated heterocycles. The molecule has 1 unspecified atom stereocenters. The molecule has 2 aliphatic carbocycles. The SMILES string of the molecule is CC1=C2C(C[C@@H]1OC(=O)/C=C/c1ccc(C(F)(F)F)cc1)[C@](C)(O)CC[C@H]1[C@H](C)C(=O)O[C@H]21. The summed E-state index contributed by atoms with van der Waals surface area (Å²) in [4.78, 5) is 24.7. The first-order chi connectivity index (χ1) is 15.4. The summed E-state index contributed by atoms with van der Waals surface area (Å²) in [5.74, 6) is -1.44. The summed E-state index contributed by atoms with van der Waals surface area (Å²) in [7, 11) is 0. The zero-order valence-corrected chi connectivity index (χ0v) is 18.7. The van der Waals surface area contributed by atoms with Crippen molar-refractivity contribution in [1.82, 2.24) is 0 Å². The number of carbonyl (C=O) groups excluding carboxylic acids is 2. The van der Waals surface area contributed by atoms with Gasteiger partial charge in [-0.3, -0.25) is 4.79 Å². The monoisotopic (exact) mass is 464 g/mol. The highest BCUT2D eigenvalue weighted by atomic mass is 19.4. The van der Waals surface area contributed by atoms with E-state index in [-0.39, 0.29) is 23.7 Å². The largest absolute Gasteiger partial charge is 0.457 e. The summed E-state index contributed by atoms with van der Waals surface area (Å²) in [5, 5.41) is 11.1. The Morgan fingerprint density at radius 2 is 1.94 bits per heavy atom. The quantitative estimate of drug-likeness (QED) is 0.399. The maximum atomic E-state index is 12.7. The molecular weight excluding hydrogens is 437 g/mol. The van der Waals surface area contributed by atoms with E-state index in [1.54, 1.807) is 6.92 Å². The number of alkyl halides is 3. The van der Waals surface area contributed by atoms with Crippen molar-refractivity contribution in [2.45, 2.75) is 64.0 Å². The van der Waals surface area contributed by atoms with Crippen molar-refractivity contribution < 1.29 is 37.3 Å². The number of hydrogen-bond donors (Lipinski definition) is 1. The first-order valence-corrected chi connectivity index (χ1v) is 11.1. The highest BCUT2D eigenvalue weighted by Gasteiger charge is 2.55. The molecule has 1 aromatic carbocycles.